The highest BCUT2D eigenvalue weighted by Crippen LogP contribution is 2.40. The van der Waals surface area contributed by atoms with Crippen LogP contribution in [0.1, 0.15) is 35.6 Å². The quantitative estimate of drug-likeness (QED) is 0.440. The Morgan fingerprint density at radius 1 is 1.15 bits per heavy atom. The molecule has 0 fully saturated rings. The minimum absolute atomic E-state index is 0.0553. The van der Waals surface area contributed by atoms with Crippen molar-refractivity contribution in [3.8, 4) is 11.5 Å². The molecule has 0 bridgehead atoms. The highest BCUT2D eigenvalue weighted by molar-refractivity contribution is 8.32. The van der Waals surface area contributed by atoms with E-state index in [9.17, 15) is 10.0 Å². The molecule has 0 radical (unpaired) electrons. The first kappa shape index (κ1) is 23.5. The summed E-state index contributed by atoms with van der Waals surface area (Å²) >= 11 is 0. The average Bonchev–Trinajstić information content (AvgIpc) is 2.60. The zero-order chi connectivity index (χ0) is 20.6. The van der Waals surface area contributed by atoms with Crippen LogP contribution in [0.5, 0.6) is 11.5 Å². The zero-order valence-corrected chi connectivity index (χ0v) is 18.7. The van der Waals surface area contributed by atoms with Crippen molar-refractivity contribution in [2.24, 2.45) is 5.18 Å². The van der Waals surface area contributed by atoms with Gasteiger partial charge < -0.3 is 14.6 Å². The molecule has 5 nitrogen and oxygen atoms in total. The van der Waals surface area contributed by atoms with Crippen molar-refractivity contribution in [1.82, 2.24) is 0 Å². The Kier molecular flexibility index (Phi) is 9.33. The maximum atomic E-state index is 10.6. The Balaban J connectivity index is 3.39. The molecule has 1 aromatic rings. The molecule has 0 atom stereocenters. The number of rotatable bonds is 11. The summed E-state index contributed by atoms with van der Waals surface area (Å²) < 4.78 is 11.9. The summed E-state index contributed by atoms with van der Waals surface area (Å²) in [6.45, 7) is 6.74. The molecule has 6 heteroatoms. The van der Waals surface area contributed by atoms with E-state index >= 15 is 0 Å². The molecule has 0 spiro atoms. The lowest BCUT2D eigenvalue weighted by molar-refractivity contribution is 0.276. The average molecular weight is 398 g/mol. The highest BCUT2D eigenvalue weighted by atomic mass is 32.3. The predicted molar refractivity (Wildman–Crippen MR) is 117 cm³/mol. The fraction of sp³-hybridized carbons (Fsp3) is 0.619. The van der Waals surface area contributed by atoms with Gasteiger partial charge >= 0.3 is 0 Å². The fourth-order valence-electron chi connectivity index (χ4n) is 3.05. The van der Waals surface area contributed by atoms with Crippen molar-refractivity contribution < 1.29 is 14.6 Å². The van der Waals surface area contributed by atoms with Crippen LogP contribution in [0.15, 0.2) is 16.8 Å². The Morgan fingerprint density at radius 3 is 2.26 bits per heavy atom. The van der Waals surface area contributed by atoms with Gasteiger partial charge in [-0.3, -0.25) is 0 Å². The van der Waals surface area contributed by atoms with Crippen LogP contribution >= 0.6 is 10.0 Å². The van der Waals surface area contributed by atoms with E-state index in [1.54, 1.807) is 7.11 Å². The third-order valence-electron chi connectivity index (χ3n) is 4.76. The van der Waals surface area contributed by atoms with Crippen molar-refractivity contribution in [3.63, 3.8) is 0 Å². The third-order valence-corrected chi connectivity index (χ3v) is 6.15. The standard InChI is InChI=1S/C21H35NO4S/c1-8-17(13-22-24)9-10-18-20(25-4)15(2)19(14-23)16(3)21(18)26-11-12-27(5,6)7/h9,23H,8,10-14H2,1-7H3/b17-9+. The smallest absolute Gasteiger partial charge is 0.129 e. The number of hydrogen-bond acceptors (Lipinski definition) is 5. The maximum absolute atomic E-state index is 10.6. The van der Waals surface area contributed by atoms with Gasteiger partial charge in [-0.25, -0.2) is 10.0 Å². The van der Waals surface area contributed by atoms with Crippen molar-refractivity contribution in [2.75, 3.05) is 44.8 Å². The molecule has 1 N–H and O–H groups in total. The van der Waals surface area contributed by atoms with Crippen LogP contribution < -0.4 is 9.47 Å². The van der Waals surface area contributed by atoms with E-state index in [-0.39, 0.29) is 13.2 Å². The number of allylic oxidation sites excluding steroid dienone is 1. The summed E-state index contributed by atoms with van der Waals surface area (Å²) in [6.07, 6.45) is 10.2. The number of benzene rings is 1. The molecule has 0 aliphatic carbocycles. The summed E-state index contributed by atoms with van der Waals surface area (Å²) in [5.41, 5.74) is 4.70. The Morgan fingerprint density at radius 2 is 1.78 bits per heavy atom. The van der Waals surface area contributed by atoms with Crippen molar-refractivity contribution in [2.45, 2.75) is 40.2 Å². The van der Waals surface area contributed by atoms with E-state index in [2.05, 4.69) is 23.9 Å². The lowest BCUT2D eigenvalue weighted by Crippen LogP contribution is -2.13. The predicted octanol–water partition coefficient (Wildman–Crippen LogP) is 4.52. The summed E-state index contributed by atoms with van der Waals surface area (Å²) in [5.74, 6) is 2.53. The lowest BCUT2D eigenvalue weighted by atomic mass is 9.94. The van der Waals surface area contributed by atoms with Crippen LogP contribution in [-0.2, 0) is 13.0 Å². The third kappa shape index (κ3) is 6.54. The number of hydrogen-bond donors (Lipinski definition) is 1. The Labute approximate surface area is 165 Å². The second-order valence-corrected chi connectivity index (χ2v) is 12.2. The lowest BCUT2D eigenvalue weighted by Gasteiger charge is -2.27. The first-order valence-corrected chi connectivity index (χ1v) is 12.3. The molecule has 0 heterocycles. The molecule has 1 rings (SSSR count). The van der Waals surface area contributed by atoms with Gasteiger partial charge in [0.2, 0.25) is 0 Å². The van der Waals surface area contributed by atoms with Gasteiger partial charge in [0.05, 0.1) is 20.3 Å². The second kappa shape index (κ2) is 10.7. The number of nitrogens with zero attached hydrogens (tertiary/aromatic N) is 1. The normalized spacial score (nSPS) is 12.8. The molecule has 0 aromatic heterocycles. The van der Waals surface area contributed by atoms with Crippen molar-refractivity contribution >= 4 is 10.0 Å². The number of nitroso groups, excluding NO2 is 1. The van der Waals surface area contributed by atoms with Crippen LogP contribution in [0.25, 0.3) is 0 Å². The largest absolute Gasteiger partial charge is 0.496 e. The molecular formula is C21H35NO4S. The SMILES string of the molecule is CC/C(=C\Cc1c(OC)c(C)c(CO)c(C)c1OCCS(C)(C)C)CN=O. The fourth-order valence-corrected chi connectivity index (χ4v) is 3.63. The maximum Gasteiger partial charge on any atom is 0.129 e. The van der Waals surface area contributed by atoms with Crippen LogP contribution in [0.2, 0.25) is 0 Å². The molecule has 0 amide bonds. The van der Waals surface area contributed by atoms with Crippen LogP contribution in [0, 0.1) is 18.8 Å². The van der Waals surface area contributed by atoms with Gasteiger partial charge in [-0.05, 0) is 67.7 Å². The summed E-state index contributed by atoms with van der Waals surface area (Å²) in [4.78, 5) is 10.6. The molecule has 0 aliphatic rings. The first-order valence-electron chi connectivity index (χ1n) is 9.25. The molecule has 27 heavy (non-hydrogen) atoms. The van der Waals surface area contributed by atoms with E-state index in [1.807, 2.05) is 26.8 Å². The van der Waals surface area contributed by atoms with Gasteiger partial charge in [0.1, 0.15) is 18.0 Å². The summed E-state index contributed by atoms with van der Waals surface area (Å²) in [5, 5.41) is 12.9. The Bertz CT molecular complexity index is 678. The molecule has 1 aromatic carbocycles. The number of methoxy groups -OCH3 is 1. The summed E-state index contributed by atoms with van der Waals surface area (Å²) in [6, 6.07) is 0. The van der Waals surface area contributed by atoms with E-state index < -0.39 is 10.0 Å². The molecule has 0 saturated heterocycles. The van der Waals surface area contributed by atoms with Gasteiger partial charge in [0.25, 0.3) is 0 Å². The van der Waals surface area contributed by atoms with Gasteiger partial charge in [-0.1, -0.05) is 18.2 Å². The van der Waals surface area contributed by atoms with Crippen LogP contribution in [0.3, 0.4) is 0 Å². The minimum Gasteiger partial charge on any atom is -0.496 e. The number of aliphatic hydroxyl groups is 1. The monoisotopic (exact) mass is 397 g/mol. The van der Waals surface area contributed by atoms with Gasteiger partial charge in [0, 0.05) is 11.3 Å². The molecular weight excluding hydrogens is 362 g/mol. The van der Waals surface area contributed by atoms with Gasteiger partial charge in [-0.15, -0.1) is 0 Å². The van der Waals surface area contributed by atoms with Crippen LogP contribution in [-0.4, -0.2) is 49.9 Å². The van der Waals surface area contributed by atoms with E-state index in [4.69, 9.17) is 9.47 Å². The van der Waals surface area contributed by atoms with E-state index in [0.717, 1.165) is 51.5 Å². The molecule has 0 unspecified atom stereocenters. The van der Waals surface area contributed by atoms with Gasteiger partial charge in [0.15, 0.2) is 0 Å². The van der Waals surface area contributed by atoms with E-state index in [0.29, 0.717) is 13.0 Å². The number of aliphatic hydroxyl groups excluding tert-OH is 1. The highest BCUT2D eigenvalue weighted by Gasteiger charge is 2.21. The van der Waals surface area contributed by atoms with E-state index in [1.165, 1.54) is 0 Å². The summed E-state index contributed by atoms with van der Waals surface area (Å²) in [7, 11) is 0.980. The number of ether oxygens (including phenoxy) is 2. The molecule has 0 saturated carbocycles. The van der Waals surface area contributed by atoms with Crippen LogP contribution in [0.4, 0.5) is 0 Å². The first-order chi connectivity index (χ1) is 12.7. The minimum atomic E-state index is -0.661. The molecule has 154 valence electrons. The van der Waals surface area contributed by atoms with Crippen molar-refractivity contribution in [3.05, 3.63) is 38.8 Å². The Hall–Kier alpha value is -1.53. The zero-order valence-electron chi connectivity index (χ0n) is 17.8. The van der Waals surface area contributed by atoms with Crippen molar-refractivity contribution in [1.29, 1.82) is 0 Å². The molecule has 0 aliphatic heterocycles. The second-order valence-electron chi connectivity index (χ2n) is 7.58. The topological polar surface area (TPSA) is 68.1 Å². The van der Waals surface area contributed by atoms with Gasteiger partial charge in [-0.2, -0.15) is 4.91 Å².